The highest BCUT2D eigenvalue weighted by atomic mass is 16.5. The molecule has 0 aromatic carbocycles. The maximum absolute atomic E-state index is 9.33. The van der Waals surface area contributed by atoms with E-state index in [9.17, 15) is 5.11 Å². The van der Waals surface area contributed by atoms with Gasteiger partial charge in [0.25, 0.3) is 0 Å². The number of nitrogens with two attached hydrogens (primary N) is 1. The van der Waals surface area contributed by atoms with Crippen LogP contribution in [0.3, 0.4) is 0 Å². The lowest BCUT2D eigenvalue weighted by Gasteiger charge is -2.22. The van der Waals surface area contributed by atoms with E-state index in [1.807, 2.05) is 20.2 Å². The molecule has 15 heavy (non-hydrogen) atoms. The van der Waals surface area contributed by atoms with Crippen molar-refractivity contribution in [3.05, 3.63) is 18.0 Å². The molecule has 1 rings (SSSR count). The number of aliphatic hydroxyl groups excluding tert-OH is 1. The standard InChI is InChI=1S/C10H19N3O2/c1-7(14)8(2)15-10(4-11)9-5-12-13(3)6-9/h5-8,10,14H,4,11H2,1-3H3. The van der Waals surface area contributed by atoms with Crippen molar-refractivity contribution in [2.75, 3.05) is 6.54 Å². The maximum atomic E-state index is 9.33. The van der Waals surface area contributed by atoms with Gasteiger partial charge in [0.1, 0.15) is 0 Å². The summed E-state index contributed by atoms with van der Waals surface area (Å²) < 4.78 is 7.33. The van der Waals surface area contributed by atoms with Crippen LogP contribution in [0.1, 0.15) is 25.5 Å². The van der Waals surface area contributed by atoms with Gasteiger partial charge in [0, 0.05) is 25.4 Å². The van der Waals surface area contributed by atoms with Crippen molar-refractivity contribution in [3.63, 3.8) is 0 Å². The van der Waals surface area contributed by atoms with E-state index < -0.39 is 6.10 Å². The Morgan fingerprint density at radius 3 is 2.67 bits per heavy atom. The van der Waals surface area contributed by atoms with Crippen LogP contribution in [0.25, 0.3) is 0 Å². The Labute approximate surface area is 89.8 Å². The SMILES string of the molecule is CC(O)C(C)OC(CN)c1cnn(C)c1. The van der Waals surface area contributed by atoms with Gasteiger partial charge in [0.05, 0.1) is 24.5 Å². The molecule has 3 N–H and O–H groups in total. The summed E-state index contributed by atoms with van der Waals surface area (Å²) in [6.07, 6.45) is 2.65. The highest BCUT2D eigenvalue weighted by molar-refractivity contribution is 5.08. The Hall–Kier alpha value is -0.910. The summed E-state index contributed by atoms with van der Waals surface area (Å²) in [4.78, 5) is 0. The number of hydrogen-bond acceptors (Lipinski definition) is 4. The molecule has 5 nitrogen and oxygen atoms in total. The zero-order chi connectivity index (χ0) is 11.4. The van der Waals surface area contributed by atoms with Crippen LogP contribution >= 0.6 is 0 Å². The first kappa shape index (κ1) is 12.2. The Kier molecular flexibility index (Phi) is 4.26. The molecule has 0 radical (unpaired) electrons. The molecule has 0 amide bonds. The molecule has 3 atom stereocenters. The molecule has 0 saturated heterocycles. The summed E-state index contributed by atoms with van der Waals surface area (Å²) in [7, 11) is 1.84. The summed E-state index contributed by atoms with van der Waals surface area (Å²) in [5.74, 6) is 0. The molecule has 3 unspecified atom stereocenters. The molecule has 0 bridgehead atoms. The van der Waals surface area contributed by atoms with Crippen molar-refractivity contribution in [1.29, 1.82) is 0 Å². The number of hydrogen-bond donors (Lipinski definition) is 2. The van der Waals surface area contributed by atoms with Crippen LogP contribution in [-0.2, 0) is 11.8 Å². The fraction of sp³-hybridized carbons (Fsp3) is 0.700. The fourth-order valence-corrected chi connectivity index (χ4v) is 1.25. The Bertz CT molecular complexity index is 299. The third-order valence-electron chi connectivity index (χ3n) is 2.37. The Morgan fingerprint density at radius 1 is 1.60 bits per heavy atom. The minimum atomic E-state index is -0.504. The second-order valence-electron chi connectivity index (χ2n) is 3.75. The van der Waals surface area contributed by atoms with Crippen molar-refractivity contribution in [2.45, 2.75) is 32.2 Å². The summed E-state index contributed by atoms with van der Waals surface area (Å²) in [6, 6.07) is 0. The minimum Gasteiger partial charge on any atom is -0.391 e. The van der Waals surface area contributed by atoms with E-state index in [1.54, 1.807) is 17.8 Å². The lowest BCUT2D eigenvalue weighted by atomic mass is 10.2. The Balaban J connectivity index is 2.64. The van der Waals surface area contributed by atoms with Gasteiger partial charge in [-0.3, -0.25) is 4.68 Å². The topological polar surface area (TPSA) is 73.3 Å². The highest BCUT2D eigenvalue weighted by Gasteiger charge is 2.18. The molecule has 0 spiro atoms. The molecular weight excluding hydrogens is 194 g/mol. The molecule has 0 aliphatic carbocycles. The van der Waals surface area contributed by atoms with Crippen molar-refractivity contribution in [3.8, 4) is 0 Å². The van der Waals surface area contributed by atoms with Crippen LogP contribution in [0.5, 0.6) is 0 Å². The summed E-state index contributed by atoms with van der Waals surface area (Å²) >= 11 is 0. The van der Waals surface area contributed by atoms with Crippen LogP contribution < -0.4 is 5.73 Å². The molecular formula is C10H19N3O2. The Morgan fingerprint density at radius 2 is 2.27 bits per heavy atom. The fourth-order valence-electron chi connectivity index (χ4n) is 1.25. The maximum Gasteiger partial charge on any atom is 0.0982 e. The largest absolute Gasteiger partial charge is 0.391 e. The van der Waals surface area contributed by atoms with Gasteiger partial charge in [0.2, 0.25) is 0 Å². The van der Waals surface area contributed by atoms with Gasteiger partial charge < -0.3 is 15.6 Å². The molecule has 0 saturated carbocycles. The number of aryl methyl sites for hydroxylation is 1. The molecule has 86 valence electrons. The highest BCUT2D eigenvalue weighted by Crippen LogP contribution is 2.18. The van der Waals surface area contributed by atoms with Crippen LogP contribution in [0.4, 0.5) is 0 Å². The third kappa shape index (κ3) is 3.30. The lowest BCUT2D eigenvalue weighted by Crippen LogP contribution is -2.28. The van der Waals surface area contributed by atoms with E-state index >= 15 is 0 Å². The van der Waals surface area contributed by atoms with E-state index in [0.29, 0.717) is 6.54 Å². The predicted molar refractivity (Wildman–Crippen MR) is 57.2 cm³/mol. The predicted octanol–water partition coefficient (Wildman–Crippen LogP) is 0.206. The average Bonchev–Trinajstić information content (AvgIpc) is 2.60. The first-order chi connectivity index (χ1) is 7.04. The van der Waals surface area contributed by atoms with Crippen LogP contribution in [0.15, 0.2) is 12.4 Å². The lowest BCUT2D eigenvalue weighted by molar-refractivity contribution is -0.0591. The number of nitrogens with zero attached hydrogens (tertiary/aromatic N) is 2. The second-order valence-corrected chi connectivity index (χ2v) is 3.75. The number of ether oxygens (including phenoxy) is 1. The quantitative estimate of drug-likeness (QED) is 0.733. The molecule has 1 heterocycles. The monoisotopic (exact) mass is 213 g/mol. The summed E-state index contributed by atoms with van der Waals surface area (Å²) in [5.41, 5.74) is 6.56. The average molecular weight is 213 g/mol. The molecule has 1 aromatic rings. The van der Waals surface area contributed by atoms with E-state index in [4.69, 9.17) is 10.5 Å². The van der Waals surface area contributed by atoms with Gasteiger partial charge in [-0.2, -0.15) is 5.10 Å². The molecule has 0 aliphatic heterocycles. The minimum absolute atomic E-state index is 0.205. The zero-order valence-electron chi connectivity index (χ0n) is 9.42. The van der Waals surface area contributed by atoms with Crippen molar-refractivity contribution in [1.82, 2.24) is 9.78 Å². The number of aromatic nitrogens is 2. The number of rotatable bonds is 5. The van der Waals surface area contributed by atoms with Gasteiger partial charge in [-0.1, -0.05) is 0 Å². The zero-order valence-corrected chi connectivity index (χ0v) is 9.42. The summed E-state index contributed by atoms with van der Waals surface area (Å²) in [5, 5.41) is 13.4. The van der Waals surface area contributed by atoms with Gasteiger partial charge in [-0.05, 0) is 13.8 Å². The molecule has 0 aliphatic rings. The van der Waals surface area contributed by atoms with Crippen molar-refractivity contribution >= 4 is 0 Å². The van der Waals surface area contributed by atoms with Crippen molar-refractivity contribution < 1.29 is 9.84 Å². The van der Waals surface area contributed by atoms with Crippen LogP contribution in [-0.4, -0.2) is 33.6 Å². The third-order valence-corrected chi connectivity index (χ3v) is 2.37. The van der Waals surface area contributed by atoms with Crippen molar-refractivity contribution in [2.24, 2.45) is 12.8 Å². The normalized spacial score (nSPS) is 17.4. The van der Waals surface area contributed by atoms with Crippen LogP contribution in [0, 0.1) is 0 Å². The van der Waals surface area contributed by atoms with E-state index in [1.165, 1.54) is 0 Å². The van der Waals surface area contributed by atoms with Crippen LogP contribution in [0.2, 0.25) is 0 Å². The smallest absolute Gasteiger partial charge is 0.0982 e. The first-order valence-corrected chi connectivity index (χ1v) is 5.06. The first-order valence-electron chi connectivity index (χ1n) is 5.06. The van der Waals surface area contributed by atoms with E-state index in [0.717, 1.165) is 5.56 Å². The second kappa shape index (κ2) is 5.25. The molecule has 0 fully saturated rings. The summed E-state index contributed by atoms with van der Waals surface area (Å²) in [6.45, 7) is 3.90. The number of aliphatic hydroxyl groups is 1. The van der Waals surface area contributed by atoms with E-state index in [2.05, 4.69) is 5.10 Å². The molecule has 1 aromatic heterocycles. The molecule has 5 heteroatoms. The van der Waals surface area contributed by atoms with Gasteiger partial charge >= 0.3 is 0 Å². The van der Waals surface area contributed by atoms with Gasteiger partial charge in [-0.25, -0.2) is 0 Å². The van der Waals surface area contributed by atoms with Gasteiger partial charge in [0.15, 0.2) is 0 Å². The van der Waals surface area contributed by atoms with E-state index in [-0.39, 0.29) is 12.2 Å². The van der Waals surface area contributed by atoms with Gasteiger partial charge in [-0.15, -0.1) is 0 Å².